The lowest BCUT2D eigenvalue weighted by Gasteiger charge is -2.43. The van der Waals surface area contributed by atoms with E-state index in [0.29, 0.717) is 11.1 Å². The van der Waals surface area contributed by atoms with E-state index in [9.17, 15) is 29.7 Å². The van der Waals surface area contributed by atoms with E-state index in [1.165, 1.54) is 36.6 Å². The molecule has 2 heterocycles. The maximum atomic E-state index is 13.3. The number of aromatic hydroxyl groups is 1. The highest BCUT2D eigenvalue weighted by molar-refractivity contribution is 5.90. The van der Waals surface area contributed by atoms with E-state index < -0.39 is 55.7 Å². The first-order chi connectivity index (χ1) is 23.1. The van der Waals surface area contributed by atoms with Crippen molar-refractivity contribution in [2.45, 2.75) is 68.2 Å². The van der Waals surface area contributed by atoms with E-state index in [-0.39, 0.29) is 39.9 Å². The van der Waals surface area contributed by atoms with Crippen LogP contribution in [0.25, 0.3) is 22.1 Å². The molecule has 6 rings (SSSR count). The first-order valence-electron chi connectivity index (χ1n) is 15.7. The third kappa shape index (κ3) is 7.07. The third-order valence-electron chi connectivity index (χ3n) is 9.02. The van der Waals surface area contributed by atoms with E-state index in [4.69, 9.17) is 28.5 Å². The molecule has 5 atom stereocenters. The highest BCUT2D eigenvalue weighted by atomic mass is 16.7. The average Bonchev–Trinajstić information content (AvgIpc) is 3.56. The lowest BCUT2D eigenvalue weighted by atomic mass is 9.79. The van der Waals surface area contributed by atoms with Gasteiger partial charge in [-0.2, -0.15) is 0 Å². The molecule has 2 aliphatic rings. The molecule has 0 unspecified atom stereocenters. The Labute approximate surface area is 275 Å². The molecule has 0 amide bonds. The summed E-state index contributed by atoms with van der Waals surface area (Å²) in [5.41, 5.74) is 1.57. The van der Waals surface area contributed by atoms with E-state index in [1.54, 1.807) is 12.1 Å². The fourth-order valence-corrected chi connectivity index (χ4v) is 6.44. The Morgan fingerprint density at radius 2 is 1.67 bits per heavy atom. The van der Waals surface area contributed by atoms with Gasteiger partial charge >= 0.3 is 11.9 Å². The molecule has 1 aliphatic carbocycles. The normalized spacial score (nSPS) is 23.5. The zero-order valence-electron chi connectivity index (χ0n) is 25.9. The molecule has 12 heteroatoms. The Bertz CT molecular complexity index is 1800. The van der Waals surface area contributed by atoms with Gasteiger partial charge in [0.1, 0.15) is 60.8 Å². The monoisotopic (exact) mass is 660 g/mol. The number of fused-ring (bicyclic) bond motifs is 1. The van der Waals surface area contributed by atoms with E-state index in [2.05, 4.69) is 0 Å². The lowest BCUT2D eigenvalue weighted by molar-refractivity contribution is -0.290. The summed E-state index contributed by atoms with van der Waals surface area (Å²) in [4.78, 5) is 36.1. The number of aliphatic hydroxyl groups excluding tert-OH is 2. The number of aliphatic carboxylic acids is 1. The number of hydrogen-bond acceptors (Lipinski definition) is 11. The van der Waals surface area contributed by atoms with Crippen molar-refractivity contribution in [1.29, 1.82) is 0 Å². The number of hydrogen-bond donors (Lipinski definition) is 4. The highest BCUT2D eigenvalue weighted by Crippen LogP contribution is 2.42. The quantitative estimate of drug-likeness (QED) is 0.135. The summed E-state index contributed by atoms with van der Waals surface area (Å²) in [6.07, 6.45) is -2.69. The average molecular weight is 661 g/mol. The molecule has 48 heavy (non-hydrogen) atoms. The van der Waals surface area contributed by atoms with Crippen LogP contribution < -0.4 is 10.2 Å². The van der Waals surface area contributed by atoms with Gasteiger partial charge in [-0.25, -0.2) is 0 Å². The summed E-state index contributed by atoms with van der Waals surface area (Å²) in [6, 6.07) is 20.7. The number of benzene rings is 3. The predicted octanol–water partition coefficient (Wildman–Crippen LogP) is 3.91. The molecule has 1 aromatic heterocycles. The maximum Gasteiger partial charge on any atom is 0.317 e. The van der Waals surface area contributed by atoms with Crippen LogP contribution >= 0.6 is 0 Å². The molecule has 0 spiro atoms. The van der Waals surface area contributed by atoms with Crippen LogP contribution in [0.5, 0.6) is 11.5 Å². The van der Waals surface area contributed by atoms with Gasteiger partial charge in [0.15, 0.2) is 5.43 Å². The minimum atomic E-state index is -1.56. The number of carboxylic acids is 1. The van der Waals surface area contributed by atoms with Crippen LogP contribution in [0.3, 0.4) is 0 Å². The largest absolute Gasteiger partial charge is 0.508 e. The number of phenols is 1. The Hall–Kier alpha value is -4.75. The first kappa shape index (κ1) is 33.2. The van der Waals surface area contributed by atoms with Crippen molar-refractivity contribution in [3.63, 3.8) is 0 Å². The molecule has 4 N–H and O–H groups in total. The van der Waals surface area contributed by atoms with Gasteiger partial charge in [-0.1, -0.05) is 55.3 Å². The maximum absolute atomic E-state index is 13.3. The van der Waals surface area contributed by atoms with Gasteiger partial charge in [0.05, 0.1) is 17.6 Å². The summed E-state index contributed by atoms with van der Waals surface area (Å²) in [5.74, 6) is -2.15. The lowest BCUT2D eigenvalue weighted by Crippen LogP contribution is -2.61. The number of aliphatic hydroxyl groups is 2. The van der Waals surface area contributed by atoms with Crippen molar-refractivity contribution in [3.8, 4) is 22.6 Å². The fourth-order valence-electron chi connectivity index (χ4n) is 6.44. The molecule has 1 aliphatic heterocycles. The smallest absolute Gasteiger partial charge is 0.317 e. The van der Waals surface area contributed by atoms with Crippen LogP contribution in [-0.4, -0.2) is 76.3 Å². The number of phenolic OH excluding ortho intramolecular Hbond substituents is 1. The van der Waals surface area contributed by atoms with E-state index in [1.807, 2.05) is 30.3 Å². The van der Waals surface area contributed by atoms with Crippen molar-refractivity contribution in [2.24, 2.45) is 0 Å². The zero-order chi connectivity index (χ0) is 33.8. The molecule has 1 saturated heterocycles. The van der Waals surface area contributed by atoms with Gasteiger partial charge in [0, 0.05) is 11.5 Å². The molecule has 4 aromatic rings. The third-order valence-corrected chi connectivity index (χ3v) is 9.02. The van der Waals surface area contributed by atoms with Gasteiger partial charge in [0.25, 0.3) is 0 Å². The number of carbonyl (C=O) groups excluding carboxylic acids is 1. The van der Waals surface area contributed by atoms with Gasteiger partial charge in [-0.3, -0.25) is 14.4 Å². The van der Waals surface area contributed by atoms with Crippen LogP contribution in [0, 0.1) is 0 Å². The SMILES string of the molecule is O=C(O)CC(=O)OC[C@@H]1O[C@H](Oc2ccc3c(=O)c(-c4ccc(O)cc4)coc3c2)[C@H](OCC2(c3ccccc3)CCCC2)[C@H](O)[C@H]1O. The second-order valence-corrected chi connectivity index (χ2v) is 12.2. The molecule has 3 aromatic carbocycles. The van der Waals surface area contributed by atoms with Crippen LogP contribution in [0.15, 0.2) is 88.3 Å². The summed E-state index contributed by atoms with van der Waals surface area (Å²) in [6.45, 7) is -0.336. The number of rotatable bonds is 11. The molecule has 1 saturated carbocycles. The molecule has 0 radical (unpaired) electrons. The summed E-state index contributed by atoms with van der Waals surface area (Å²) in [7, 11) is 0. The van der Waals surface area contributed by atoms with Crippen LogP contribution in [0.1, 0.15) is 37.7 Å². The Morgan fingerprint density at radius 3 is 2.38 bits per heavy atom. The summed E-state index contributed by atoms with van der Waals surface area (Å²) >= 11 is 0. The van der Waals surface area contributed by atoms with Gasteiger partial charge in [-0.05, 0) is 48.2 Å². The number of carbonyl (C=O) groups is 2. The second-order valence-electron chi connectivity index (χ2n) is 12.2. The van der Waals surface area contributed by atoms with Crippen LogP contribution in [0.4, 0.5) is 0 Å². The van der Waals surface area contributed by atoms with Crippen molar-refractivity contribution in [2.75, 3.05) is 13.2 Å². The fraction of sp³-hybridized carbons (Fsp3) is 0.361. The standard InChI is InChI=1S/C36H36O12/c37-23-10-8-21(9-11-23)26-18-44-27-16-24(12-13-25(27)31(26)41)47-35-34(33(43)32(42)28(48-35)19-45-30(40)17-29(38)39)46-20-36(14-4-5-15-36)22-6-2-1-3-7-22/h1-3,6-13,16,18,28,32-35,37,42-43H,4-5,14-15,17,19-20H2,(H,38,39)/t28-,32-,33+,34+,35-/m0/s1. The summed E-state index contributed by atoms with van der Waals surface area (Å²) < 4.78 is 29.4. The Balaban J connectivity index is 1.26. The number of esters is 1. The van der Waals surface area contributed by atoms with Gasteiger partial charge in [0.2, 0.25) is 6.29 Å². The molecular weight excluding hydrogens is 624 g/mol. The van der Waals surface area contributed by atoms with Crippen molar-refractivity contribution < 1.29 is 53.4 Å². The second kappa shape index (κ2) is 14.2. The Morgan fingerprint density at radius 1 is 0.938 bits per heavy atom. The van der Waals surface area contributed by atoms with Crippen LogP contribution in [-0.2, 0) is 29.2 Å². The van der Waals surface area contributed by atoms with Crippen molar-refractivity contribution >= 4 is 22.9 Å². The van der Waals surface area contributed by atoms with Gasteiger partial charge in [-0.15, -0.1) is 0 Å². The van der Waals surface area contributed by atoms with Crippen LogP contribution in [0.2, 0.25) is 0 Å². The molecule has 2 fully saturated rings. The number of ether oxygens (including phenoxy) is 4. The predicted molar refractivity (Wildman–Crippen MR) is 170 cm³/mol. The first-order valence-corrected chi connectivity index (χ1v) is 15.7. The Kier molecular flexibility index (Phi) is 9.78. The number of carboxylic acid groups (broad SMARTS) is 1. The molecule has 252 valence electrons. The minimum Gasteiger partial charge on any atom is -0.508 e. The minimum absolute atomic E-state index is 0.0645. The van der Waals surface area contributed by atoms with Crippen molar-refractivity contribution in [1.82, 2.24) is 0 Å². The molecule has 12 nitrogen and oxygen atoms in total. The van der Waals surface area contributed by atoms with E-state index in [0.717, 1.165) is 31.2 Å². The van der Waals surface area contributed by atoms with E-state index >= 15 is 0 Å². The summed E-state index contributed by atoms with van der Waals surface area (Å²) in [5, 5.41) is 41.1. The highest BCUT2D eigenvalue weighted by Gasteiger charge is 2.48. The van der Waals surface area contributed by atoms with Crippen molar-refractivity contribution in [3.05, 3.63) is 94.8 Å². The molecule has 0 bridgehead atoms. The zero-order valence-corrected chi connectivity index (χ0v) is 25.9. The molecular formula is C36H36O12. The topological polar surface area (TPSA) is 182 Å². The van der Waals surface area contributed by atoms with Gasteiger partial charge < -0.3 is 43.8 Å².